The van der Waals surface area contributed by atoms with Crippen molar-refractivity contribution in [2.75, 3.05) is 5.73 Å². The Labute approximate surface area is 103 Å². The summed E-state index contributed by atoms with van der Waals surface area (Å²) in [6.45, 7) is 3.88. The van der Waals surface area contributed by atoms with Gasteiger partial charge in [-0.25, -0.2) is 4.39 Å². The van der Waals surface area contributed by atoms with Crippen molar-refractivity contribution in [3.05, 3.63) is 34.6 Å². The zero-order valence-corrected chi connectivity index (χ0v) is 10.3. The van der Waals surface area contributed by atoms with Crippen molar-refractivity contribution in [2.24, 2.45) is 0 Å². The molecule has 1 heterocycles. The number of hydrogen-bond acceptors (Lipinski definition) is 3. The number of nitrogens with zero attached hydrogens (tertiary/aromatic N) is 1. The minimum absolute atomic E-state index is 0.0544. The van der Waals surface area contributed by atoms with Gasteiger partial charge in [0.1, 0.15) is 5.69 Å². The van der Waals surface area contributed by atoms with Gasteiger partial charge >= 0.3 is 0 Å². The Hall–Kier alpha value is -1.55. The number of halogens is 2. The third-order valence-corrected chi connectivity index (χ3v) is 2.83. The van der Waals surface area contributed by atoms with E-state index < -0.39 is 5.82 Å². The molecule has 0 saturated carbocycles. The lowest BCUT2D eigenvalue weighted by Crippen LogP contribution is -1.96. The minimum Gasteiger partial charge on any atom is -0.367 e. The van der Waals surface area contributed by atoms with Gasteiger partial charge in [-0.1, -0.05) is 36.7 Å². The molecule has 0 fully saturated rings. The highest BCUT2D eigenvalue weighted by atomic mass is 35.5. The zero-order valence-electron chi connectivity index (χ0n) is 9.50. The zero-order chi connectivity index (χ0) is 12.6. The Bertz CT molecular complexity index is 551. The van der Waals surface area contributed by atoms with E-state index in [9.17, 15) is 4.39 Å². The van der Waals surface area contributed by atoms with E-state index in [1.165, 1.54) is 6.07 Å². The third kappa shape index (κ3) is 2.00. The fourth-order valence-corrected chi connectivity index (χ4v) is 1.92. The first kappa shape index (κ1) is 11.9. The van der Waals surface area contributed by atoms with Gasteiger partial charge in [0.2, 0.25) is 5.88 Å². The Morgan fingerprint density at radius 3 is 2.76 bits per heavy atom. The van der Waals surface area contributed by atoms with Crippen molar-refractivity contribution in [2.45, 2.75) is 19.8 Å². The number of aromatic nitrogens is 1. The maximum Gasteiger partial charge on any atom is 0.226 e. The summed E-state index contributed by atoms with van der Waals surface area (Å²) >= 11 is 5.74. The highest BCUT2D eigenvalue weighted by molar-refractivity contribution is 6.31. The normalized spacial score (nSPS) is 11.1. The summed E-state index contributed by atoms with van der Waals surface area (Å²) in [5.41, 5.74) is 7.10. The van der Waals surface area contributed by atoms with Crippen molar-refractivity contribution >= 4 is 17.5 Å². The molecule has 0 saturated heterocycles. The van der Waals surface area contributed by atoms with Gasteiger partial charge in [-0.3, -0.25) is 0 Å². The van der Waals surface area contributed by atoms with Crippen molar-refractivity contribution in [3.63, 3.8) is 0 Å². The van der Waals surface area contributed by atoms with E-state index in [4.69, 9.17) is 21.9 Å². The Morgan fingerprint density at radius 2 is 2.12 bits per heavy atom. The Kier molecular flexibility index (Phi) is 3.07. The van der Waals surface area contributed by atoms with Crippen LogP contribution in [-0.2, 0) is 0 Å². The van der Waals surface area contributed by atoms with Gasteiger partial charge in [0.05, 0.1) is 5.02 Å². The molecule has 0 radical (unpaired) electrons. The van der Waals surface area contributed by atoms with Gasteiger partial charge in [0.15, 0.2) is 5.82 Å². The number of nitrogens with two attached hydrogens (primary N) is 1. The molecular formula is C12H12ClFN2O. The molecule has 0 aliphatic rings. The first-order chi connectivity index (χ1) is 8.02. The third-order valence-electron chi connectivity index (χ3n) is 2.54. The van der Waals surface area contributed by atoms with Gasteiger partial charge in [-0.05, 0) is 18.1 Å². The first-order valence-corrected chi connectivity index (χ1v) is 5.59. The fraction of sp³-hybridized carbons (Fsp3) is 0.250. The lowest BCUT2D eigenvalue weighted by atomic mass is 9.98. The molecule has 1 aromatic carbocycles. The first-order valence-electron chi connectivity index (χ1n) is 5.21. The van der Waals surface area contributed by atoms with Crippen LogP contribution in [0.1, 0.15) is 25.3 Å². The molecule has 5 heteroatoms. The van der Waals surface area contributed by atoms with Gasteiger partial charge < -0.3 is 10.3 Å². The maximum absolute atomic E-state index is 13.9. The Balaban J connectivity index is 2.65. The van der Waals surface area contributed by atoms with E-state index in [1.807, 2.05) is 13.8 Å². The van der Waals surface area contributed by atoms with E-state index in [-0.39, 0.29) is 16.8 Å². The number of benzene rings is 1. The number of hydrogen-bond donors (Lipinski definition) is 1. The highest BCUT2D eigenvalue weighted by Gasteiger charge is 2.21. The van der Waals surface area contributed by atoms with E-state index in [2.05, 4.69) is 5.16 Å². The fourth-order valence-electron chi connectivity index (χ4n) is 1.75. The molecule has 0 aliphatic carbocycles. The van der Waals surface area contributed by atoms with Crippen LogP contribution in [0.3, 0.4) is 0 Å². The molecule has 0 bridgehead atoms. The van der Waals surface area contributed by atoms with E-state index in [0.29, 0.717) is 16.8 Å². The van der Waals surface area contributed by atoms with E-state index in [0.717, 1.165) is 0 Å². The van der Waals surface area contributed by atoms with Crippen molar-refractivity contribution in [1.29, 1.82) is 0 Å². The quantitative estimate of drug-likeness (QED) is 0.886. The SMILES string of the molecule is CC(C)c1c(-c2cccc(Cl)c2F)noc1N. The van der Waals surface area contributed by atoms with Crippen LogP contribution >= 0.6 is 11.6 Å². The predicted molar refractivity (Wildman–Crippen MR) is 65.4 cm³/mol. The largest absolute Gasteiger partial charge is 0.367 e. The summed E-state index contributed by atoms with van der Waals surface area (Å²) in [6.07, 6.45) is 0. The lowest BCUT2D eigenvalue weighted by Gasteiger charge is -2.06. The van der Waals surface area contributed by atoms with Crippen molar-refractivity contribution in [1.82, 2.24) is 5.16 Å². The number of nitrogen functional groups attached to an aromatic ring is 1. The molecule has 0 unspecified atom stereocenters. The summed E-state index contributed by atoms with van der Waals surface area (Å²) in [6, 6.07) is 4.75. The summed E-state index contributed by atoms with van der Waals surface area (Å²) in [4.78, 5) is 0. The van der Waals surface area contributed by atoms with Gasteiger partial charge in [0, 0.05) is 11.1 Å². The van der Waals surface area contributed by atoms with Crippen LogP contribution in [0.4, 0.5) is 10.3 Å². The molecule has 0 spiro atoms. The van der Waals surface area contributed by atoms with Crippen LogP contribution in [0.15, 0.2) is 22.7 Å². The molecule has 0 amide bonds. The van der Waals surface area contributed by atoms with E-state index >= 15 is 0 Å². The van der Waals surface area contributed by atoms with Crippen LogP contribution < -0.4 is 5.73 Å². The second kappa shape index (κ2) is 4.37. The minimum atomic E-state index is -0.510. The predicted octanol–water partition coefficient (Wildman–Crippen LogP) is 3.84. The maximum atomic E-state index is 13.9. The van der Waals surface area contributed by atoms with Crippen LogP contribution in [0.2, 0.25) is 5.02 Å². The molecule has 1 aromatic heterocycles. The van der Waals surface area contributed by atoms with Crippen molar-refractivity contribution < 1.29 is 8.91 Å². The van der Waals surface area contributed by atoms with Crippen LogP contribution in [-0.4, -0.2) is 5.16 Å². The summed E-state index contributed by atoms with van der Waals surface area (Å²) in [5, 5.41) is 3.86. The second-order valence-electron chi connectivity index (χ2n) is 4.07. The Morgan fingerprint density at radius 1 is 1.41 bits per heavy atom. The molecule has 2 rings (SSSR count). The summed E-state index contributed by atoms with van der Waals surface area (Å²) in [5.74, 6) is -0.201. The summed E-state index contributed by atoms with van der Waals surface area (Å²) < 4.78 is 18.8. The molecule has 17 heavy (non-hydrogen) atoms. The molecule has 0 atom stereocenters. The van der Waals surface area contributed by atoms with Gasteiger partial charge in [0.25, 0.3) is 0 Å². The van der Waals surface area contributed by atoms with Crippen LogP contribution in [0.5, 0.6) is 0 Å². The van der Waals surface area contributed by atoms with Gasteiger partial charge in [-0.2, -0.15) is 0 Å². The molecule has 3 nitrogen and oxygen atoms in total. The molecular weight excluding hydrogens is 243 g/mol. The van der Waals surface area contributed by atoms with Gasteiger partial charge in [-0.15, -0.1) is 0 Å². The molecule has 90 valence electrons. The average Bonchev–Trinajstić information content (AvgIpc) is 2.64. The van der Waals surface area contributed by atoms with Crippen LogP contribution in [0.25, 0.3) is 11.3 Å². The smallest absolute Gasteiger partial charge is 0.226 e. The molecule has 2 N–H and O–H groups in total. The van der Waals surface area contributed by atoms with E-state index in [1.54, 1.807) is 12.1 Å². The van der Waals surface area contributed by atoms with Crippen LogP contribution in [0, 0.1) is 5.82 Å². The molecule has 2 aromatic rings. The lowest BCUT2D eigenvalue weighted by molar-refractivity contribution is 0.437. The average molecular weight is 255 g/mol. The van der Waals surface area contributed by atoms with Crippen molar-refractivity contribution in [3.8, 4) is 11.3 Å². The standard InChI is InChI=1S/C12H12ClFN2O/c1-6(2)9-11(16-17-12(9)15)7-4-3-5-8(13)10(7)14/h3-6H,15H2,1-2H3. The molecule has 0 aliphatic heterocycles. The summed E-state index contributed by atoms with van der Waals surface area (Å²) in [7, 11) is 0. The highest BCUT2D eigenvalue weighted by Crippen LogP contribution is 2.35. The number of anilines is 1. The topological polar surface area (TPSA) is 52.0 Å². The number of rotatable bonds is 2. The second-order valence-corrected chi connectivity index (χ2v) is 4.47. The monoisotopic (exact) mass is 254 g/mol.